The van der Waals surface area contributed by atoms with Crippen molar-refractivity contribution in [1.29, 1.82) is 0 Å². The highest BCUT2D eigenvalue weighted by atomic mass is 32.2. The molecular weight excluding hydrogens is 262 g/mol. The van der Waals surface area contributed by atoms with E-state index in [4.69, 9.17) is 14.3 Å². The summed E-state index contributed by atoms with van der Waals surface area (Å²) in [6.45, 7) is 0.806. The van der Waals surface area contributed by atoms with Gasteiger partial charge in [-0.2, -0.15) is 0 Å². The second kappa shape index (κ2) is 6.53. The first-order chi connectivity index (χ1) is 8.47. The fraction of sp³-hybridized carbons (Fsp3) is 0.500. The zero-order valence-corrected chi connectivity index (χ0v) is 10.7. The Morgan fingerprint density at radius 2 is 2.17 bits per heavy atom. The number of methoxy groups -OCH3 is 1. The first-order valence-corrected chi connectivity index (χ1v) is 6.77. The topological polar surface area (TPSA) is 106 Å². The van der Waals surface area contributed by atoms with Crippen LogP contribution in [0.2, 0.25) is 0 Å². The van der Waals surface area contributed by atoms with E-state index in [0.29, 0.717) is 13.0 Å². The van der Waals surface area contributed by atoms with Gasteiger partial charge in [0.1, 0.15) is 0 Å². The van der Waals surface area contributed by atoms with Gasteiger partial charge in [0.15, 0.2) is 0 Å². The van der Waals surface area contributed by atoms with E-state index in [1.165, 1.54) is 0 Å². The van der Waals surface area contributed by atoms with E-state index in [9.17, 15) is 13.2 Å². The van der Waals surface area contributed by atoms with Gasteiger partial charge in [0.25, 0.3) is 10.0 Å². The second-order valence-electron chi connectivity index (χ2n) is 3.52. The summed E-state index contributed by atoms with van der Waals surface area (Å²) in [5.74, 6) is -1.72. The van der Waals surface area contributed by atoms with Crippen molar-refractivity contribution in [3.8, 4) is 0 Å². The van der Waals surface area contributed by atoms with Gasteiger partial charge in [-0.3, -0.25) is 0 Å². The quantitative estimate of drug-likeness (QED) is 0.677. The summed E-state index contributed by atoms with van der Waals surface area (Å²) in [5.41, 5.74) is 0. The maximum atomic E-state index is 11.7. The van der Waals surface area contributed by atoms with Crippen molar-refractivity contribution in [3.63, 3.8) is 0 Å². The molecule has 0 bridgehead atoms. The van der Waals surface area contributed by atoms with E-state index in [0.717, 1.165) is 18.6 Å². The minimum Gasteiger partial charge on any atom is -0.475 e. The molecule has 0 saturated carbocycles. The maximum Gasteiger partial charge on any atom is 0.371 e. The lowest BCUT2D eigenvalue weighted by molar-refractivity contribution is 0.0656. The molecule has 0 aromatic carbocycles. The van der Waals surface area contributed by atoms with Crippen LogP contribution in [0.1, 0.15) is 23.4 Å². The minimum atomic E-state index is -3.78. The zero-order chi connectivity index (χ0) is 13.6. The number of carbonyl (C=O) groups is 1. The molecule has 0 amide bonds. The van der Waals surface area contributed by atoms with Crippen molar-refractivity contribution in [2.45, 2.75) is 17.9 Å². The molecule has 0 fully saturated rings. The molecular formula is C10H15NO6S. The fourth-order valence-electron chi connectivity index (χ4n) is 1.23. The minimum absolute atomic E-state index is 0.245. The maximum absolute atomic E-state index is 11.7. The normalized spacial score (nSPS) is 11.6. The van der Waals surface area contributed by atoms with Crippen LogP contribution in [-0.4, -0.2) is 39.8 Å². The first-order valence-electron chi connectivity index (χ1n) is 5.29. The Morgan fingerprint density at radius 3 is 2.72 bits per heavy atom. The molecule has 0 atom stereocenters. The zero-order valence-electron chi connectivity index (χ0n) is 9.88. The van der Waals surface area contributed by atoms with E-state index in [2.05, 4.69) is 4.72 Å². The molecule has 8 heteroatoms. The molecule has 1 rings (SSSR count). The van der Waals surface area contributed by atoms with Gasteiger partial charge in [0.2, 0.25) is 10.9 Å². The largest absolute Gasteiger partial charge is 0.475 e. The summed E-state index contributed by atoms with van der Waals surface area (Å²) in [6, 6.07) is 2.21. The number of hydrogen-bond acceptors (Lipinski definition) is 5. The third kappa shape index (κ3) is 4.13. The molecule has 0 radical (unpaired) electrons. The SMILES string of the molecule is COCCCCNS(=O)(=O)c1ccc(C(=O)O)o1. The van der Waals surface area contributed by atoms with Crippen molar-refractivity contribution < 1.29 is 27.5 Å². The van der Waals surface area contributed by atoms with Crippen molar-refractivity contribution >= 4 is 16.0 Å². The van der Waals surface area contributed by atoms with Crippen LogP contribution in [0.25, 0.3) is 0 Å². The first kappa shape index (κ1) is 14.7. The van der Waals surface area contributed by atoms with Crippen molar-refractivity contribution in [2.75, 3.05) is 20.3 Å². The number of unbranched alkanes of at least 4 members (excludes halogenated alkanes) is 1. The third-order valence-corrected chi connectivity index (χ3v) is 3.46. The highest BCUT2D eigenvalue weighted by molar-refractivity contribution is 7.89. The fourth-order valence-corrected chi connectivity index (χ4v) is 2.23. The van der Waals surface area contributed by atoms with Gasteiger partial charge in [-0.15, -0.1) is 0 Å². The Morgan fingerprint density at radius 1 is 1.44 bits per heavy atom. The molecule has 0 aliphatic rings. The van der Waals surface area contributed by atoms with E-state index in [1.807, 2.05) is 0 Å². The molecule has 2 N–H and O–H groups in total. The molecule has 0 spiro atoms. The molecule has 0 aliphatic heterocycles. The molecule has 1 aromatic heterocycles. The average molecular weight is 277 g/mol. The number of sulfonamides is 1. The Bertz CT molecular complexity index is 492. The lowest BCUT2D eigenvalue weighted by Gasteiger charge is -2.03. The number of carboxylic acids is 1. The lowest BCUT2D eigenvalue weighted by Crippen LogP contribution is -2.24. The number of hydrogen-bond donors (Lipinski definition) is 2. The number of carboxylic acid groups (broad SMARTS) is 1. The van der Waals surface area contributed by atoms with E-state index < -0.39 is 26.8 Å². The van der Waals surface area contributed by atoms with Crippen LogP contribution in [0.5, 0.6) is 0 Å². The summed E-state index contributed by atoms with van der Waals surface area (Å²) in [4.78, 5) is 10.6. The molecule has 0 saturated heterocycles. The van der Waals surface area contributed by atoms with Crippen LogP contribution >= 0.6 is 0 Å². The monoisotopic (exact) mass is 277 g/mol. The van der Waals surface area contributed by atoms with Crippen LogP contribution in [0.4, 0.5) is 0 Å². The molecule has 102 valence electrons. The highest BCUT2D eigenvalue weighted by Gasteiger charge is 2.20. The summed E-state index contributed by atoms with van der Waals surface area (Å²) in [7, 11) is -2.21. The van der Waals surface area contributed by atoms with Crippen LogP contribution in [-0.2, 0) is 14.8 Å². The summed E-state index contributed by atoms with van der Waals surface area (Å²) in [6.07, 6.45) is 1.36. The van der Waals surface area contributed by atoms with Gasteiger partial charge < -0.3 is 14.3 Å². The molecule has 1 heterocycles. The van der Waals surface area contributed by atoms with Crippen molar-refractivity contribution in [3.05, 3.63) is 17.9 Å². The Kier molecular flexibility index (Phi) is 5.32. The smallest absolute Gasteiger partial charge is 0.371 e. The predicted octanol–water partition coefficient (Wildman–Crippen LogP) is 0.683. The Balaban J connectivity index is 2.54. The third-order valence-electron chi connectivity index (χ3n) is 2.12. The Labute approximate surface area is 105 Å². The predicted molar refractivity (Wildman–Crippen MR) is 62.0 cm³/mol. The second-order valence-corrected chi connectivity index (χ2v) is 5.22. The summed E-state index contributed by atoms with van der Waals surface area (Å²) in [5, 5.41) is 8.22. The van der Waals surface area contributed by atoms with Gasteiger partial charge in [0.05, 0.1) is 0 Å². The molecule has 0 aliphatic carbocycles. The summed E-state index contributed by atoms with van der Waals surface area (Å²) >= 11 is 0. The lowest BCUT2D eigenvalue weighted by atomic mass is 10.3. The van der Waals surface area contributed by atoms with Gasteiger partial charge in [0, 0.05) is 20.3 Å². The number of aromatic carboxylic acids is 1. The van der Waals surface area contributed by atoms with Crippen molar-refractivity contribution in [2.24, 2.45) is 0 Å². The van der Waals surface area contributed by atoms with Crippen LogP contribution < -0.4 is 4.72 Å². The van der Waals surface area contributed by atoms with Crippen LogP contribution in [0.15, 0.2) is 21.6 Å². The van der Waals surface area contributed by atoms with Gasteiger partial charge in [-0.05, 0) is 25.0 Å². The van der Waals surface area contributed by atoms with Gasteiger partial charge in [-0.1, -0.05) is 0 Å². The molecule has 1 aromatic rings. The Hall–Kier alpha value is -1.38. The number of rotatable bonds is 8. The number of nitrogens with one attached hydrogen (secondary N) is 1. The standard InChI is InChI=1S/C10H15NO6S/c1-16-7-3-2-6-11-18(14,15)9-5-4-8(17-9)10(12)13/h4-5,11H,2-3,6-7H2,1H3,(H,12,13). The number of furan rings is 1. The van der Waals surface area contributed by atoms with E-state index in [1.54, 1.807) is 7.11 Å². The summed E-state index contributed by atoms with van der Waals surface area (Å²) < 4.78 is 35.2. The average Bonchev–Trinajstić information content (AvgIpc) is 2.78. The van der Waals surface area contributed by atoms with Crippen LogP contribution in [0, 0.1) is 0 Å². The van der Waals surface area contributed by atoms with E-state index >= 15 is 0 Å². The molecule has 18 heavy (non-hydrogen) atoms. The highest BCUT2D eigenvalue weighted by Crippen LogP contribution is 2.13. The van der Waals surface area contributed by atoms with Gasteiger partial charge in [-0.25, -0.2) is 17.9 Å². The molecule has 7 nitrogen and oxygen atoms in total. The van der Waals surface area contributed by atoms with E-state index in [-0.39, 0.29) is 6.54 Å². The van der Waals surface area contributed by atoms with Crippen LogP contribution in [0.3, 0.4) is 0 Å². The number of ether oxygens (including phenoxy) is 1. The van der Waals surface area contributed by atoms with Gasteiger partial charge >= 0.3 is 5.97 Å². The molecule has 0 unspecified atom stereocenters. The van der Waals surface area contributed by atoms with Crippen molar-refractivity contribution in [1.82, 2.24) is 4.72 Å².